The Kier molecular flexibility index (Phi) is 6.23. The van der Waals surface area contributed by atoms with E-state index in [4.69, 9.17) is 20.0 Å². The van der Waals surface area contributed by atoms with Crippen LogP contribution in [0.5, 0.6) is 0 Å². The largest absolute Gasteiger partial charge is 0.421 e. The van der Waals surface area contributed by atoms with Crippen LogP contribution in [-0.4, -0.2) is 22.0 Å². The second kappa shape index (κ2) is 9.27. The highest BCUT2D eigenvalue weighted by atomic mass is 16.5. The van der Waals surface area contributed by atoms with E-state index in [1.165, 1.54) is 5.56 Å². The van der Waals surface area contributed by atoms with Gasteiger partial charge in [-0.25, -0.2) is 0 Å². The number of nitrogens with zero attached hydrogens (tertiary/aromatic N) is 2. The fraction of sp³-hybridized carbons (Fsp3) is 0.143. The minimum Gasteiger partial charge on any atom is -0.421 e. The van der Waals surface area contributed by atoms with E-state index in [0.29, 0.717) is 28.5 Å². The molecule has 0 saturated heterocycles. The number of rotatable bonds is 5. The molecule has 0 aliphatic carbocycles. The van der Waals surface area contributed by atoms with Gasteiger partial charge in [-0.2, -0.15) is 0 Å². The van der Waals surface area contributed by atoms with E-state index < -0.39 is 0 Å². The van der Waals surface area contributed by atoms with E-state index in [2.05, 4.69) is 49.7 Å². The second-order valence-electron chi connectivity index (χ2n) is 8.91. The summed E-state index contributed by atoms with van der Waals surface area (Å²) in [5.41, 5.74) is 4.82. The van der Waals surface area contributed by atoms with Gasteiger partial charge < -0.3 is 9.15 Å². The molecule has 0 radical (unpaired) electrons. The lowest BCUT2D eigenvalue weighted by molar-refractivity contribution is 0.538. The first-order valence-corrected chi connectivity index (χ1v) is 10.9. The molecular formula is C28H26N4O2. The normalized spacial score (nSPS) is 11.1. The molecule has 0 spiro atoms. The third-order valence-electron chi connectivity index (χ3n) is 5.41. The summed E-state index contributed by atoms with van der Waals surface area (Å²) in [4.78, 5) is 0. The standard InChI is InChI=1S/C28H26N4O2/c1-5-18-9-11-19(12-10-18)24(29)33-25(30)21-7-6-8-22(17-21)27-32-31-26(34-27)20-13-15-23(16-14-20)28(2,3)4/h5-17,29-30H,1H2,2-4H3. The number of hydrogen-bond donors (Lipinski definition) is 2. The maximum Gasteiger partial charge on any atom is 0.248 e. The van der Waals surface area contributed by atoms with Gasteiger partial charge in [0, 0.05) is 22.3 Å². The van der Waals surface area contributed by atoms with Crippen LogP contribution in [0.4, 0.5) is 0 Å². The summed E-state index contributed by atoms with van der Waals surface area (Å²) in [5.74, 6) is 0.526. The molecule has 6 nitrogen and oxygen atoms in total. The van der Waals surface area contributed by atoms with Gasteiger partial charge in [-0.1, -0.05) is 63.8 Å². The van der Waals surface area contributed by atoms with Crippen molar-refractivity contribution in [1.82, 2.24) is 10.2 Å². The van der Waals surface area contributed by atoms with E-state index in [0.717, 1.165) is 11.1 Å². The van der Waals surface area contributed by atoms with Crippen LogP contribution in [0.15, 0.2) is 83.8 Å². The van der Waals surface area contributed by atoms with Crippen molar-refractivity contribution in [3.63, 3.8) is 0 Å². The predicted molar refractivity (Wildman–Crippen MR) is 135 cm³/mol. The van der Waals surface area contributed by atoms with Crippen LogP contribution < -0.4 is 0 Å². The lowest BCUT2D eigenvalue weighted by atomic mass is 9.87. The molecule has 0 amide bonds. The van der Waals surface area contributed by atoms with E-state index in [-0.39, 0.29) is 17.2 Å². The summed E-state index contributed by atoms with van der Waals surface area (Å²) in [6, 6.07) is 22.4. The summed E-state index contributed by atoms with van der Waals surface area (Å²) >= 11 is 0. The van der Waals surface area contributed by atoms with Crippen LogP contribution in [0.2, 0.25) is 0 Å². The Morgan fingerprint density at radius 1 is 0.824 bits per heavy atom. The Labute approximate surface area is 199 Å². The fourth-order valence-corrected chi connectivity index (χ4v) is 3.35. The number of hydrogen-bond acceptors (Lipinski definition) is 6. The maximum absolute atomic E-state index is 8.31. The Morgan fingerprint density at radius 3 is 2.06 bits per heavy atom. The average Bonchev–Trinajstić information content (AvgIpc) is 3.34. The molecule has 4 rings (SSSR count). The molecule has 0 aliphatic heterocycles. The Hall–Kier alpha value is -4.32. The quantitative estimate of drug-likeness (QED) is 0.261. The zero-order valence-corrected chi connectivity index (χ0v) is 19.4. The van der Waals surface area contributed by atoms with E-state index in [1.807, 2.05) is 30.3 Å². The van der Waals surface area contributed by atoms with Gasteiger partial charge in [-0.15, -0.1) is 10.2 Å². The van der Waals surface area contributed by atoms with Crippen molar-refractivity contribution < 1.29 is 9.15 Å². The SMILES string of the molecule is C=Cc1ccc(C(=N)OC(=N)c2cccc(-c3nnc(-c4ccc(C(C)(C)C)cc4)o3)c2)cc1. The van der Waals surface area contributed by atoms with Crippen molar-refractivity contribution in [2.45, 2.75) is 26.2 Å². The van der Waals surface area contributed by atoms with Gasteiger partial charge >= 0.3 is 0 Å². The first-order valence-electron chi connectivity index (χ1n) is 10.9. The van der Waals surface area contributed by atoms with E-state index in [1.54, 1.807) is 36.4 Å². The molecule has 3 aromatic carbocycles. The van der Waals surface area contributed by atoms with Gasteiger partial charge in [0.25, 0.3) is 0 Å². The molecule has 4 aromatic rings. The van der Waals surface area contributed by atoms with Crippen LogP contribution in [0.25, 0.3) is 29.0 Å². The Balaban J connectivity index is 1.50. The highest BCUT2D eigenvalue weighted by molar-refractivity contribution is 6.05. The third kappa shape index (κ3) is 5.02. The first kappa shape index (κ1) is 22.9. The highest BCUT2D eigenvalue weighted by Crippen LogP contribution is 2.28. The molecular weight excluding hydrogens is 424 g/mol. The summed E-state index contributed by atoms with van der Waals surface area (Å²) in [6.07, 6.45) is 1.73. The molecule has 1 heterocycles. The van der Waals surface area contributed by atoms with Crippen LogP contribution in [0, 0.1) is 10.8 Å². The molecule has 1 aromatic heterocycles. The van der Waals surface area contributed by atoms with Crippen LogP contribution in [-0.2, 0) is 10.2 Å². The van der Waals surface area contributed by atoms with Gasteiger partial charge in [0.15, 0.2) is 0 Å². The summed E-state index contributed by atoms with van der Waals surface area (Å²) in [5, 5.41) is 24.9. The number of ether oxygens (including phenoxy) is 1. The molecule has 0 fully saturated rings. The van der Waals surface area contributed by atoms with Crippen molar-refractivity contribution in [3.05, 3.63) is 102 Å². The molecule has 0 saturated carbocycles. The zero-order chi connectivity index (χ0) is 24.3. The monoisotopic (exact) mass is 450 g/mol. The summed E-state index contributed by atoms with van der Waals surface area (Å²) < 4.78 is 11.4. The second-order valence-corrected chi connectivity index (χ2v) is 8.91. The van der Waals surface area contributed by atoms with Gasteiger partial charge in [0.2, 0.25) is 23.6 Å². The summed E-state index contributed by atoms with van der Waals surface area (Å²) in [6.45, 7) is 10.2. The molecule has 0 aliphatic rings. The molecule has 0 atom stereocenters. The lowest BCUT2D eigenvalue weighted by Crippen LogP contribution is -2.13. The zero-order valence-electron chi connectivity index (χ0n) is 19.4. The Bertz CT molecular complexity index is 1340. The molecule has 34 heavy (non-hydrogen) atoms. The van der Waals surface area contributed by atoms with Crippen molar-refractivity contribution in [2.24, 2.45) is 0 Å². The minimum absolute atomic E-state index is 0.0664. The minimum atomic E-state index is -0.142. The topological polar surface area (TPSA) is 95.8 Å². The van der Waals surface area contributed by atoms with Gasteiger partial charge in [0.1, 0.15) is 0 Å². The van der Waals surface area contributed by atoms with Crippen LogP contribution in [0.3, 0.4) is 0 Å². The van der Waals surface area contributed by atoms with Crippen molar-refractivity contribution in [2.75, 3.05) is 0 Å². The van der Waals surface area contributed by atoms with E-state index >= 15 is 0 Å². The summed E-state index contributed by atoms with van der Waals surface area (Å²) in [7, 11) is 0. The lowest BCUT2D eigenvalue weighted by Gasteiger charge is -2.18. The predicted octanol–water partition coefficient (Wildman–Crippen LogP) is 6.71. The fourth-order valence-electron chi connectivity index (χ4n) is 3.35. The van der Waals surface area contributed by atoms with Crippen molar-refractivity contribution in [3.8, 4) is 22.9 Å². The van der Waals surface area contributed by atoms with E-state index in [9.17, 15) is 0 Å². The van der Waals surface area contributed by atoms with Gasteiger partial charge in [0.05, 0.1) is 0 Å². The molecule has 2 N–H and O–H groups in total. The number of benzene rings is 3. The van der Waals surface area contributed by atoms with Crippen LogP contribution >= 0.6 is 0 Å². The van der Waals surface area contributed by atoms with Crippen LogP contribution in [0.1, 0.15) is 43.0 Å². The van der Waals surface area contributed by atoms with Gasteiger partial charge in [-0.3, -0.25) is 10.8 Å². The maximum atomic E-state index is 8.31. The third-order valence-corrected chi connectivity index (χ3v) is 5.41. The first-order chi connectivity index (χ1) is 16.2. The van der Waals surface area contributed by atoms with Crippen molar-refractivity contribution >= 4 is 17.9 Å². The smallest absolute Gasteiger partial charge is 0.248 e. The molecule has 170 valence electrons. The average molecular weight is 451 g/mol. The van der Waals surface area contributed by atoms with Crippen molar-refractivity contribution in [1.29, 1.82) is 10.8 Å². The molecule has 0 unspecified atom stereocenters. The molecule has 0 bridgehead atoms. The highest BCUT2D eigenvalue weighted by Gasteiger charge is 2.16. The Morgan fingerprint density at radius 2 is 1.44 bits per heavy atom. The number of aromatic nitrogens is 2. The van der Waals surface area contributed by atoms with Gasteiger partial charge in [-0.05, 0) is 59.0 Å². The molecule has 6 heteroatoms. The number of nitrogens with one attached hydrogen (secondary N) is 2.